The minimum Gasteiger partial charge on any atom is -0.393 e. The summed E-state index contributed by atoms with van der Waals surface area (Å²) in [6, 6.07) is 5.55. The van der Waals surface area contributed by atoms with Crippen LogP contribution in [0.3, 0.4) is 0 Å². The number of amides is 1. The van der Waals surface area contributed by atoms with E-state index in [-0.39, 0.29) is 16.8 Å². The maximum absolute atomic E-state index is 12.1. The number of hydrogen-bond donors (Lipinski definition) is 2. The molecule has 3 N–H and O–H groups in total. The van der Waals surface area contributed by atoms with Crippen LogP contribution in [0.15, 0.2) is 27.1 Å². The molecule has 0 spiro atoms. The number of carbonyl (C=O) groups is 1. The molecule has 1 unspecified atom stereocenters. The van der Waals surface area contributed by atoms with E-state index in [1.54, 1.807) is 0 Å². The summed E-state index contributed by atoms with van der Waals surface area (Å²) in [4.78, 5) is 12.4. The van der Waals surface area contributed by atoms with Gasteiger partial charge in [-0.3, -0.25) is 4.79 Å². The monoisotopic (exact) mass is 392 g/mol. The number of benzene rings is 1. The molecule has 0 aliphatic rings. The summed E-state index contributed by atoms with van der Waals surface area (Å²) < 4.78 is 1.70. The number of anilines is 1. The van der Waals surface area contributed by atoms with Gasteiger partial charge in [0, 0.05) is 8.95 Å². The van der Waals surface area contributed by atoms with Crippen LogP contribution in [-0.2, 0) is 4.79 Å². The van der Waals surface area contributed by atoms with Crippen LogP contribution in [0, 0.1) is 11.8 Å². The second-order valence-electron chi connectivity index (χ2n) is 4.24. The van der Waals surface area contributed by atoms with Crippen LogP contribution in [-0.4, -0.2) is 10.9 Å². The van der Waals surface area contributed by atoms with Crippen molar-refractivity contribution in [2.24, 2.45) is 17.6 Å². The maximum Gasteiger partial charge on any atom is 0.234 e. The second-order valence-corrected chi connectivity index (χ2v) is 6.48. The van der Waals surface area contributed by atoms with Gasteiger partial charge in [0.2, 0.25) is 5.91 Å². The Labute approximate surface area is 129 Å². The maximum atomic E-state index is 12.1. The van der Waals surface area contributed by atoms with E-state index in [0.717, 1.165) is 8.95 Å². The summed E-state index contributed by atoms with van der Waals surface area (Å²) in [6.45, 7) is 3.83. The first-order chi connectivity index (χ1) is 8.32. The molecule has 0 aliphatic heterocycles. The number of halogens is 2. The largest absolute Gasteiger partial charge is 0.393 e. The van der Waals surface area contributed by atoms with Gasteiger partial charge >= 0.3 is 0 Å². The first kappa shape index (κ1) is 15.6. The number of nitrogens with two attached hydrogens (primary N) is 1. The molecule has 0 aromatic heterocycles. The molecule has 1 atom stereocenters. The number of carbonyl (C=O) groups excluding carboxylic acids is 1. The third-order valence-corrected chi connectivity index (χ3v) is 3.88. The molecule has 98 valence electrons. The third kappa shape index (κ3) is 4.03. The first-order valence-electron chi connectivity index (χ1n) is 5.38. The van der Waals surface area contributed by atoms with E-state index in [2.05, 4.69) is 37.2 Å². The SMILES string of the molecule is CC(C)C(C(=O)Nc1cc(Br)ccc1Br)C(N)=S. The van der Waals surface area contributed by atoms with E-state index in [1.165, 1.54) is 0 Å². The van der Waals surface area contributed by atoms with Crippen LogP contribution in [0.5, 0.6) is 0 Å². The molecule has 1 aromatic rings. The van der Waals surface area contributed by atoms with Crippen molar-refractivity contribution in [2.45, 2.75) is 13.8 Å². The van der Waals surface area contributed by atoms with E-state index in [4.69, 9.17) is 18.0 Å². The lowest BCUT2D eigenvalue weighted by molar-refractivity contribution is -0.118. The van der Waals surface area contributed by atoms with E-state index < -0.39 is 5.92 Å². The fourth-order valence-corrected chi connectivity index (χ4v) is 2.65. The van der Waals surface area contributed by atoms with E-state index in [1.807, 2.05) is 32.0 Å². The summed E-state index contributed by atoms with van der Waals surface area (Å²) in [5, 5.41) is 2.83. The summed E-state index contributed by atoms with van der Waals surface area (Å²) in [6.07, 6.45) is 0. The van der Waals surface area contributed by atoms with Crippen molar-refractivity contribution in [2.75, 3.05) is 5.32 Å². The molecule has 0 saturated carbocycles. The van der Waals surface area contributed by atoms with Gasteiger partial charge in [0.15, 0.2) is 0 Å². The van der Waals surface area contributed by atoms with Crippen molar-refractivity contribution < 1.29 is 4.79 Å². The van der Waals surface area contributed by atoms with E-state index >= 15 is 0 Å². The Morgan fingerprint density at radius 2 is 2.00 bits per heavy atom. The average molecular weight is 394 g/mol. The zero-order valence-corrected chi connectivity index (χ0v) is 14.0. The number of nitrogens with one attached hydrogen (secondary N) is 1. The highest BCUT2D eigenvalue weighted by molar-refractivity contribution is 9.11. The Kier molecular flexibility index (Phi) is 5.75. The summed E-state index contributed by atoms with van der Waals surface area (Å²) >= 11 is 11.7. The molecule has 1 rings (SSSR count). The van der Waals surface area contributed by atoms with Crippen molar-refractivity contribution in [3.8, 4) is 0 Å². The first-order valence-corrected chi connectivity index (χ1v) is 7.37. The van der Waals surface area contributed by atoms with Crippen molar-refractivity contribution >= 4 is 60.7 Å². The lowest BCUT2D eigenvalue weighted by Gasteiger charge is -2.19. The summed E-state index contributed by atoms with van der Waals surface area (Å²) in [5.41, 5.74) is 6.30. The Bertz CT molecular complexity index is 477. The molecular weight excluding hydrogens is 380 g/mol. The van der Waals surface area contributed by atoms with Crippen molar-refractivity contribution in [3.05, 3.63) is 27.1 Å². The van der Waals surface area contributed by atoms with Crippen LogP contribution in [0.25, 0.3) is 0 Å². The molecule has 6 heteroatoms. The summed E-state index contributed by atoms with van der Waals surface area (Å²) in [5.74, 6) is -0.587. The Balaban J connectivity index is 2.92. The van der Waals surface area contributed by atoms with Gasteiger partial charge in [-0.2, -0.15) is 0 Å². The minimum atomic E-state index is -0.467. The van der Waals surface area contributed by atoms with Gasteiger partial charge in [-0.15, -0.1) is 0 Å². The number of thiocarbonyl (C=S) groups is 1. The Hall–Kier alpha value is -0.460. The van der Waals surface area contributed by atoms with Gasteiger partial charge in [-0.25, -0.2) is 0 Å². The molecule has 0 bridgehead atoms. The highest BCUT2D eigenvalue weighted by Gasteiger charge is 2.25. The Morgan fingerprint density at radius 3 is 2.50 bits per heavy atom. The fraction of sp³-hybridized carbons (Fsp3) is 0.333. The number of rotatable bonds is 4. The zero-order chi connectivity index (χ0) is 13.9. The van der Waals surface area contributed by atoms with Crippen molar-refractivity contribution in [1.82, 2.24) is 0 Å². The highest BCUT2D eigenvalue weighted by atomic mass is 79.9. The summed E-state index contributed by atoms with van der Waals surface area (Å²) in [7, 11) is 0. The van der Waals surface area contributed by atoms with Crippen LogP contribution in [0.4, 0.5) is 5.69 Å². The lowest BCUT2D eigenvalue weighted by Crippen LogP contribution is -2.36. The van der Waals surface area contributed by atoms with Crippen LogP contribution >= 0.6 is 44.1 Å². The van der Waals surface area contributed by atoms with Gasteiger partial charge in [0.05, 0.1) is 16.6 Å². The lowest BCUT2D eigenvalue weighted by atomic mass is 9.95. The van der Waals surface area contributed by atoms with E-state index in [9.17, 15) is 4.79 Å². The van der Waals surface area contributed by atoms with Gasteiger partial charge in [0.1, 0.15) is 0 Å². The quantitative estimate of drug-likeness (QED) is 0.766. The molecule has 0 radical (unpaired) electrons. The third-order valence-electron chi connectivity index (χ3n) is 2.44. The highest BCUT2D eigenvalue weighted by Crippen LogP contribution is 2.27. The van der Waals surface area contributed by atoms with E-state index in [0.29, 0.717) is 5.69 Å². The molecule has 1 aromatic carbocycles. The number of hydrogen-bond acceptors (Lipinski definition) is 2. The zero-order valence-electron chi connectivity index (χ0n) is 10.0. The van der Waals surface area contributed by atoms with Crippen LogP contribution in [0.1, 0.15) is 13.8 Å². The average Bonchev–Trinajstić information content (AvgIpc) is 2.22. The topological polar surface area (TPSA) is 55.1 Å². The standard InChI is InChI=1S/C12H14Br2N2OS/c1-6(2)10(11(15)18)12(17)16-9-5-7(13)3-4-8(9)14/h3-6,10H,1-2H3,(H2,15,18)(H,16,17). The van der Waals surface area contributed by atoms with Gasteiger partial charge in [-0.05, 0) is 40.0 Å². The van der Waals surface area contributed by atoms with Gasteiger partial charge < -0.3 is 11.1 Å². The smallest absolute Gasteiger partial charge is 0.234 e. The van der Waals surface area contributed by atoms with Crippen LogP contribution < -0.4 is 11.1 Å². The predicted molar refractivity (Wildman–Crippen MR) is 85.6 cm³/mol. The second kappa shape index (κ2) is 6.63. The van der Waals surface area contributed by atoms with Crippen LogP contribution in [0.2, 0.25) is 0 Å². The van der Waals surface area contributed by atoms with Gasteiger partial charge in [0.25, 0.3) is 0 Å². The molecule has 0 aliphatic carbocycles. The molecule has 0 fully saturated rings. The van der Waals surface area contributed by atoms with Crippen molar-refractivity contribution in [3.63, 3.8) is 0 Å². The molecular formula is C12H14Br2N2OS. The fourth-order valence-electron chi connectivity index (χ4n) is 1.56. The molecule has 0 heterocycles. The Morgan fingerprint density at radius 1 is 1.39 bits per heavy atom. The van der Waals surface area contributed by atoms with Crippen molar-refractivity contribution in [1.29, 1.82) is 0 Å². The molecule has 3 nitrogen and oxygen atoms in total. The molecule has 0 saturated heterocycles. The molecule has 18 heavy (non-hydrogen) atoms. The van der Waals surface area contributed by atoms with Gasteiger partial charge in [-0.1, -0.05) is 42.0 Å². The normalized spacial score (nSPS) is 12.3. The minimum absolute atomic E-state index is 0.0634. The molecule has 1 amide bonds. The predicted octanol–water partition coefficient (Wildman–Crippen LogP) is 3.71.